The summed E-state index contributed by atoms with van der Waals surface area (Å²) in [5.41, 5.74) is 0. The van der Waals surface area contributed by atoms with E-state index in [1.165, 1.54) is 17.3 Å². The van der Waals surface area contributed by atoms with E-state index in [1.807, 2.05) is 19.1 Å². The molecule has 0 heterocycles. The van der Waals surface area contributed by atoms with Crippen molar-refractivity contribution in [1.29, 1.82) is 0 Å². The highest BCUT2D eigenvalue weighted by atomic mass is 127. The lowest BCUT2D eigenvalue weighted by Gasteiger charge is -1.94. The molecular weight excluding hydrogens is 294 g/mol. The van der Waals surface area contributed by atoms with Crippen LogP contribution in [0.2, 0.25) is 0 Å². The molecule has 1 atom stereocenters. The average molecular weight is 315 g/mol. The topological polar surface area (TPSA) is 0 Å². The predicted molar refractivity (Wildman–Crippen MR) is 73.1 cm³/mol. The molecule has 13 heavy (non-hydrogen) atoms. The van der Waals surface area contributed by atoms with E-state index in [2.05, 4.69) is 35.7 Å². The summed E-state index contributed by atoms with van der Waals surface area (Å²) in [5.74, 6) is 0. The Morgan fingerprint density at radius 2 is 1.85 bits per heavy atom. The van der Waals surface area contributed by atoms with Crippen LogP contribution in [0.4, 0.5) is 0 Å². The van der Waals surface area contributed by atoms with Gasteiger partial charge < -0.3 is 0 Å². The Labute approximate surface area is 102 Å². The molecule has 0 aromatic rings. The second-order valence-corrected chi connectivity index (χ2v) is 4.59. The van der Waals surface area contributed by atoms with Crippen LogP contribution in [0.5, 0.6) is 0 Å². The normalized spacial score (nSPS) is 11.0. The highest BCUT2D eigenvalue weighted by molar-refractivity contribution is 14.1. The number of alkyl halides is 2. The zero-order chi connectivity index (χ0) is 10.5. The number of hydrogen-bond acceptors (Lipinski definition) is 0. The largest absolute Gasteiger partial charge is 0.123 e. The first-order valence-electron chi connectivity index (χ1n) is 4.60. The molecule has 0 N–H and O–H groups in total. The van der Waals surface area contributed by atoms with Gasteiger partial charge in [0.2, 0.25) is 0 Å². The first-order chi connectivity index (χ1) is 6.18. The zero-order valence-corrected chi connectivity index (χ0v) is 11.4. The first-order valence-corrected chi connectivity index (χ1v) is 6.57. The van der Waals surface area contributed by atoms with Gasteiger partial charge in [0.1, 0.15) is 0 Å². The second-order valence-electron chi connectivity index (χ2n) is 2.77. The van der Waals surface area contributed by atoms with Gasteiger partial charge in [-0.15, -0.1) is 24.8 Å². The standard InChI is InChI=1S/C6H11Cl.C5H9I/c1-3-4-5-6(2)7;1-2-3-4-5-6/h3,6H,1,4-5H2,2H3;2H,1,3-5H2. The Morgan fingerprint density at radius 3 is 2.00 bits per heavy atom. The molecule has 1 unspecified atom stereocenters. The van der Waals surface area contributed by atoms with Gasteiger partial charge in [-0.05, 0) is 37.0 Å². The minimum absolute atomic E-state index is 0.304. The van der Waals surface area contributed by atoms with Gasteiger partial charge in [-0.2, -0.15) is 0 Å². The molecule has 0 nitrogen and oxygen atoms in total. The summed E-state index contributed by atoms with van der Waals surface area (Å²) in [5, 5.41) is 0.304. The fourth-order valence-electron chi connectivity index (χ4n) is 0.569. The molecule has 2 heteroatoms. The van der Waals surface area contributed by atoms with Crippen molar-refractivity contribution in [3.8, 4) is 0 Å². The third-order valence-electron chi connectivity index (χ3n) is 1.31. The number of hydrogen-bond donors (Lipinski definition) is 0. The third kappa shape index (κ3) is 24.5. The molecule has 0 saturated carbocycles. The van der Waals surface area contributed by atoms with Gasteiger partial charge in [-0.3, -0.25) is 0 Å². The summed E-state index contributed by atoms with van der Waals surface area (Å²) in [4.78, 5) is 0. The summed E-state index contributed by atoms with van der Waals surface area (Å²) < 4.78 is 1.25. The summed E-state index contributed by atoms with van der Waals surface area (Å²) >= 11 is 7.97. The van der Waals surface area contributed by atoms with Crippen LogP contribution in [0, 0.1) is 0 Å². The van der Waals surface area contributed by atoms with Gasteiger partial charge in [0, 0.05) is 5.38 Å². The molecule has 0 aliphatic rings. The molecule has 0 aliphatic carbocycles. The van der Waals surface area contributed by atoms with Crippen molar-refractivity contribution < 1.29 is 0 Å². The highest BCUT2D eigenvalue weighted by Crippen LogP contribution is 2.02. The van der Waals surface area contributed by atoms with E-state index in [4.69, 9.17) is 11.6 Å². The van der Waals surface area contributed by atoms with Crippen molar-refractivity contribution in [3.05, 3.63) is 25.3 Å². The SMILES string of the molecule is C=CCCC(C)Cl.C=CCCCI. The smallest absolute Gasteiger partial charge is 0.0310 e. The van der Waals surface area contributed by atoms with E-state index in [9.17, 15) is 0 Å². The maximum atomic E-state index is 5.61. The summed E-state index contributed by atoms with van der Waals surface area (Å²) in [7, 11) is 0. The minimum atomic E-state index is 0.304. The molecule has 78 valence electrons. The van der Waals surface area contributed by atoms with E-state index in [0.717, 1.165) is 12.8 Å². The zero-order valence-electron chi connectivity index (χ0n) is 8.44. The first kappa shape index (κ1) is 15.9. The molecule has 0 spiro atoms. The van der Waals surface area contributed by atoms with Gasteiger partial charge in [-0.25, -0.2) is 0 Å². The molecule has 0 saturated heterocycles. The summed E-state index contributed by atoms with van der Waals surface area (Å²) in [6.45, 7) is 9.16. The quantitative estimate of drug-likeness (QED) is 0.281. The van der Waals surface area contributed by atoms with Crippen LogP contribution in [0.1, 0.15) is 32.6 Å². The van der Waals surface area contributed by atoms with Crippen LogP contribution in [0.15, 0.2) is 25.3 Å². The van der Waals surface area contributed by atoms with Crippen molar-refractivity contribution in [2.24, 2.45) is 0 Å². The average Bonchev–Trinajstić information content (AvgIpc) is 2.12. The molecule has 0 bridgehead atoms. The predicted octanol–water partition coefficient (Wildman–Crippen LogP) is 4.97. The fraction of sp³-hybridized carbons (Fsp3) is 0.636. The summed E-state index contributed by atoms with van der Waals surface area (Å²) in [6, 6.07) is 0. The van der Waals surface area contributed by atoms with E-state index in [-0.39, 0.29) is 0 Å². The minimum Gasteiger partial charge on any atom is -0.123 e. The highest BCUT2D eigenvalue weighted by Gasteiger charge is 1.89. The number of unbranched alkanes of at least 4 members (excludes halogenated alkanes) is 1. The Morgan fingerprint density at radius 1 is 1.31 bits per heavy atom. The van der Waals surface area contributed by atoms with E-state index < -0.39 is 0 Å². The third-order valence-corrected chi connectivity index (χ3v) is 2.29. The van der Waals surface area contributed by atoms with Gasteiger partial charge in [-0.1, -0.05) is 34.7 Å². The number of rotatable bonds is 6. The number of allylic oxidation sites excluding steroid dienone is 2. The lowest BCUT2D eigenvalue weighted by molar-refractivity contribution is 0.824. The fourth-order valence-corrected chi connectivity index (χ4v) is 1.14. The molecule has 0 amide bonds. The lowest BCUT2D eigenvalue weighted by atomic mass is 10.2. The van der Waals surface area contributed by atoms with Crippen LogP contribution in [0.25, 0.3) is 0 Å². The molecule has 0 aromatic carbocycles. The van der Waals surface area contributed by atoms with Crippen molar-refractivity contribution in [2.75, 3.05) is 4.43 Å². The van der Waals surface area contributed by atoms with Crippen LogP contribution in [0.3, 0.4) is 0 Å². The molecule has 0 aromatic heterocycles. The van der Waals surface area contributed by atoms with E-state index in [1.54, 1.807) is 0 Å². The Bertz CT molecular complexity index is 111. The van der Waals surface area contributed by atoms with Gasteiger partial charge >= 0.3 is 0 Å². The van der Waals surface area contributed by atoms with Crippen molar-refractivity contribution in [3.63, 3.8) is 0 Å². The van der Waals surface area contributed by atoms with E-state index in [0.29, 0.717) is 5.38 Å². The molecule has 0 fully saturated rings. The molecular formula is C11H20ClI. The maximum absolute atomic E-state index is 5.61. The summed E-state index contributed by atoms with van der Waals surface area (Å²) in [6.07, 6.45) is 8.38. The van der Waals surface area contributed by atoms with Crippen LogP contribution >= 0.6 is 34.2 Å². The van der Waals surface area contributed by atoms with Gasteiger partial charge in [0.15, 0.2) is 0 Å². The lowest BCUT2D eigenvalue weighted by Crippen LogP contribution is -1.86. The Hall–Kier alpha value is 0.500. The maximum Gasteiger partial charge on any atom is 0.0310 e. The van der Waals surface area contributed by atoms with Gasteiger partial charge in [0.25, 0.3) is 0 Å². The Kier molecular flexibility index (Phi) is 18.4. The monoisotopic (exact) mass is 314 g/mol. The second kappa shape index (κ2) is 15.0. The van der Waals surface area contributed by atoms with Crippen LogP contribution in [-0.2, 0) is 0 Å². The molecule has 0 rings (SSSR count). The van der Waals surface area contributed by atoms with Crippen LogP contribution < -0.4 is 0 Å². The van der Waals surface area contributed by atoms with Crippen LogP contribution in [-0.4, -0.2) is 9.80 Å². The Balaban J connectivity index is 0. The van der Waals surface area contributed by atoms with Crippen molar-refractivity contribution in [2.45, 2.75) is 38.0 Å². The van der Waals surface area contributed by atoms with Crippen molar-refractivity contribution in [1.82, 2.24) is 0 Å². The van der Waals surface area contributed by atoms with E-state index >= 15 is 0 Å². The molecule has 0 aliphatic heterocycles. The van der Waals surface area contributed by atoms with Crippen molar-refractivity contribution >= 4 is 34.2 Å². The van der Waals surface area contributed by atoms with Gasteiger partial charge in [0.05, 0.1) is 0 Å². The molecule has 0 radical (unpaired) electrons. The number of halogens is 2.